The molecular weight excluding hydrogens is 393 g/mol. The summed E-state index contributed by atoms with van der Waals surface area (Å²) < 4.78 is 23.8. The van der Waals surface area contributed by atoms with Gasteiger partial charge >= 0.3 is 0 Å². The highest BCUT2D eigenvalue weighted by atomic mass is 19.1. The van der Waals surface area contributed by atoms with E-state index in [1.165, 1.54) is 55.7 Å². The van der Waals surface area contributed by atoms with Crippen molar-refractivity contribution in [2.24, 2.45) is 0 Å². The van der Waals surface area contributed by atoms with Crippen LogP contribution in [0.25, 0.3) is 17.4 Å². The van der Waals surface area contributed by atoms with Crippen LogP contribution in [0.15, 0.2) is 64.6 Å². The fourth-order valence-corrected chi connectivity index (χ4v) is 2.59. The lowest BCUT2D eigenvalue weighted by Gasteiger charge is -2.05. The third-order valence-corrected chi connectivity index (χ3v) is 4.04. The van der Waals surface area contributed by atoms with Crippen LogP contribution in [-0.2, 0) is 4.79 Å². The Hall–Kier alpha value is -4.45. The van der Waals surface area contributed by atoms with Crippen LogP contribution >= 0.6 is 0 Å². The van der Waals surface area contributed by atoms with Crippen molar-refractivity contribution in [2.45, 2.75) is 0 Å². The van der Waals surface area contributed by atoms with Gasteiger partial charge in [0, 0.05) is 17.8 Å². The molecule has 150 valence electrons. The maximum absolute atomic E-state index is 13.0. The number of carbonyl (C=O) groups is 1. The number of non-ortho nitro benzene ring substituents is 1. The van der Waals surface area contributed by atoms with Gasteiger partial charge in [0.25, 0.3) is 11.6 Å². The number of nitro groups is 1. The fraction of sp³-hybridized carbons (Fsp3) is 0.0476. The Morgan fingerprint density at radius 2 is 1.97 bits per heavy atom. The van der Waals surface area contributed by atoms with E-state index in [1.54, 1.807) is 18.2 Å². The van der Waals surface area contributed by atoms with Crippen molar-refractivity contribution in [2.75, 3.05) is 12.4 Å². The molecule has 0 aliphatic rings. The van der Waals surface area contributed by atoms with Crippen LogP contribution in [0.3, 0.4) is 0 Å². The Labute approximate surface area is 170 Å². The molecule has 0 saturated heterocycles. The Balaban J connectivity index is 1.85. The third-order valence-electron chi connectivity index (χ3n) is 4.04. The second kappa shape index (κ2) is 8.70. The number of nitrogens with one attached hydrogen (secondary N) is 1. The first-order chi connectivity index (χ1) is 14.4. The molecule has 8 nitrogen and oxygen atoms in total. The van der Waals surface area contributed by atoms with Crippen molar-refractivity contribution in [1.82, 2.24) is 0 Å². The van der Waals surface area contributed by atoms with Gasteiger partial charge in [0.2, 0.25) is 0 Å². The van der Waals surface area contributed by atoms with Gasteiger partial charge in [-0.2, -0.15) is 5.26 Å². The van der Waals surface area contributed by atoms with Gasteiger partial charge in [0.05, 0.1) is 23.7 Å². The molecule has 3 aromatic rings. The number of halogens is 1. The lowest BCUT2D eigenvalue weighted by Crippen LogP contribution is -2.13. The average molecular weight is 407 g/mol. The molecule has 0 fully saturated rings. The molecule has 2 aromatic carbocycles. The number of hydrogen-bond donors (Lipinski definition) is 1. The van der Waals surface area contributed by atoms with Crippen molar-refractivity contribution >= 4 is 23.4 Å². The summed E-state index contributed by atoms with van der Waals surface area (Å²) in [6.45, 7) is 0. The van der Waals surface area contributed by atoms with Crippen LogP contribution in [-0.4, -0.2) is 17.9 Å². The zero-order chi connectivity index (χ0) is 21.7. The molecule has 0 atom stereocenters. The number of carbonyl (C=O) groups excluding carboxylic acids is 1. The summed E-state index contributed by atoms with van der Waals surface area (Å²) in [6.07, 6.45) is 1.25. The molecule has 1 amide bonds. The normalized spacial score (nSPS) is 10.9. The van der Waals surface area contributed by atoms with Crippen molar-refractivity contribution in [3.8, 4) is 23.1 Å². The average Bonchev–Trinajstić information content (AvgIpc) is 3.21. The molecule has 1 aromatic heterocycles. The van der Waals surface area contributed by atoms with Gasteiger partial charge in [-0.3, -0.25) is 14.9 Å². The van der Waals surface area contributed by atoms with Crippen molar-refractivity contribution in [1.29, 1.82) is 5.26 Å². The first-order valence-electron chi connectivity index (χ1n) is 8.52. The molecule has 3 rings (SSSR count). The Morgan fingerprint density at radius 3 is 2.60 bits per heavy atom. The minimum absolute atomic E-state index is 0.133. The largest absolute Gasteiger partial charge is 0.496 e. The van der Waals surface area contributed by atoms with Crippen LogP contribution in [0.4, 0.5) is 15.8 Å². The molecular formula is C21H14FN3O5. The smallest absolute Gasteiger partial charge is 0.273 e. The zero-order valence-electron chi connectivity index (χ0n) is 15.6. The summed E-state index contributed by atoms with van der Waals surface area (Å²) in [4.78, 5) is 22.7. The molecule has 0 aliphatic heterocycles. The summed E-state index contributed by atoms with van der Waals surface area (Å²) in [5, 5.41) is 22.7. The monoisotopic (exact) mass is 407 g/mol. The summed E-state index contributed by atoms with van der Waals surface area (Å²) in [6, 6.07) is 14.1. The Kier molecular flexibility index (Phi) is 5.89. The number of amides is 1. The lowest BCUT2D eigenvalue weighted by molar-refractivity contribution is -0.384. The standard InChI is InChI=1S/C21H14FN3O5/c1-29-20-11-16(25(27)28)6-8-18(20)19-9-7-17(30-19)10-13(12-23)21(26)24-15-4-2-14(22)3-5-15/h2-11H,1H3,(H,24,26). The highest BCUT2D eigenvalue weighted by Gasteiger charge is 2.16. The predicted octanol–water partition coefficient (Wildman–Crippen LogP) is 4.55. The molecule has 0 radical (unpaired) electrons. The molecule has 9 heteroatoms. The second-order valence-corrected chi connectivity index (χ2v) is 5.97. The van der Waals surface area contributed by atoms with E-state index in [4.69, 9.17) is 9.15 Å². The van der Waals surface area contributed by atoms with Gasteiger partial charge in [-0.25, -0.2) is 4.39 Å². The molecule has 0 bridgehead atoms. The van der Waals surface area contributed by atoms with E-state index in [0.29, 0.717) is 17.0 Å². The van der Waals surface area contributed by atoms with Crippen molar-refractivity contribution < 1.29 is 23.3 Å². The van der Waals surface area contributed by atoms with Crippen molar-refractivity contribution in [3.05, 3.63) is 81.9 Å². The molecule has 0 unspecified atom stereocenters. The number of nitrogens with zero attached hydrogens (tertiary/aromatic N) is 2. The highest BCUT2D eigenvalue weighted by molar-refractivity contribution is 6.09. The lowest BCUT2D eigenvalue weighted by atomic mass is 10.1. The minimum atomic E-state index is -0.685. The molecule has 0 saturated carbocycles. The van der Waals surface area contributed by atoms with Crippen LogP contribution < -0.4 is 10.1 Å². The van der Waals surface area contributed by atoms with Crippen LogP contribution in [0.2, 0.25) is 0 Å². The van der Waals surface area contributed by atoms with Gasteiger partial charge in [-0.1, -0.05) is 0 Å². The topological polar surface area (TPSA) is 118 Å². The minimum Gasteiger partial charge on any atom is -0.496 e. The zero-order valence-corrected chi connectivity index (χ0v) is 15.6. The molecule has 1 heterocycles. The molecule has 30 heavy (non-hydrogen) atoms. The van der Waals surface area contributed by atoms with Crippen LogP contribution in [0.1, 0.15) is 5.76 Å². The number of hydrogen-bond acceptors (Lipinski definition) is 6. The maximum Gasteiger partial charge on any atom is 0.273 e. The summed E-state index contributed by atoms with van der Waals surface area (Å²) >= 11 is 0. The quantitative estimate of drug-likeness (QED) is 0.277. The van der Waals surface area contributed by atoms with Gasteiger partial charge in [0.15, 0.2) is 0 Å². The molecule has 0 aliphatic carbocycles. The second-order valence-electron chi connectivity index (χ2n) is 5.97. The van der Waals surface area contributed by atoms with E-state index >= 15 is 0 Å². The predicted molar refractivity (Wildman–Crippen MR) is 106 cm³/mol. The molecule has 1 N–H and O–H groups in total. The molecule has 0 spiro atoms. The number of furan rings is 1. The number of ether oxygens (including phenoxy) is 1. The number of rotatable bonds is 6. The highest BCUT2D eigenvalue weighted by Crippen LogP contribution is 2.34. The van der Waals surface area contributed by atoms with E-state index < -0.39 is 16.6 Å². The van der Waals surface area contributed by atoms with E-state index in [0.717, 1.165) is 0 Å². The SMILES string of the molecule is COc1cc([N+](=O)[O-])ccc1-c1ccc(C=C(C#N)C(=O)Nc2ccc(F)cc2)o1. The van der Waals surface area contributed by atoms with E-state index in [9.17, 15) is 24.6 Å². The summed E-state index contributed by atoms with van der Waals surface area (Å²) in [7, 11) is 1.37. The first kappa shape index (κ1) is 20.3. The number of anilines is 1. The Bertz CT molecular complexity index is 1180. The summed E-state index contributed by atoms with van der Waals surface area (Å²) in [5.41, 5.74) is 0.442. The van der Waals surface area contributed by atoms with Gasteiger partial charge in [-0.15, -0.1) is 0 Å². The van der Waals surface area contributed by atoms with Gasteiger partial charge in [0.1, 0.15) is 34.7 Å². The number of benzene rings is 2. The summed E-state index contributed by atoms with van der Waals surface area (Å²) in [5.74, 6) is -0.340. The Morgan fingerprint density at radius 1 is 1.23 bits per heavy atom. The van der Waals surface area contributed by atoms with Crippen LogP contribution in [0, 0.1) is 27.3 Å². The number of nitro benzene ring substituents is 1. The van der Waals surface area contributed by atoms with Gasteiger partial charge < -0.3 is 14.5 Å². The number of nitriles is 1. The third kappa shape index (κ3) is 4.51. The maximum atomic E-state index is 13.0. The fourth-order valence-electron chi connectivity index (χ4n) is 2.59. The van der Waals surface area contributed by atoms with E-state index in [1.807, 2.05) is 0 Å². The number of methoxy groups -OCH3 is 1. The van der Waals surface area contributed by atoms with Gasteiger partial charge in [-0.05, 0) is 42.5 Å². The van der Waals surface area contributed by atoms with Crippen LogP contribution in [0.5, 0.6) is 5.75 Å². The first-order valence-corrected chi connectivity index (χ1v) is 8.52. The van der Waals surface area contributed by atoms with Crippen molar-refractivity contribution in [3.63, 3.8) is 0 Å². The van der Waals surface area contributed by atoms with E-state index in [-0.39, 0.29) is 22.8 Å². The van der Waals surface area contributed by atoms with E-state index in [2.05, 4.69) is 5.32 Å².